The fraction of sp³-hybridized carbons (Fsp3) is 0.357. The van der Waals surface area contributed by atoms with Gasteiger partial charge in [-0.3, -0.25) is 4.98 Å². The van der Waals surface area contributed by atoms with E-state index in [2.05, 4.69) is 9.71 Å². The highest BCUT2D eigenvalue weighted by atomic mass is 32.2. The van der Waals surface area contributed by atoms with E-state index in [0.29, 0.717) is 16.6 Å². The van der Waals surface area contributed by atoms with Gasteiger partial charge in [-0.15, -0.1) is 0 Å². The third kappa shape index (κ3) is 3.66. The number of aromatic nitrogens is 1. The van der Waals surface area contributed by atoms with Gasteiger partial charge in [-0.2, -0.15) is 11.8 Å². The highest BCUT2D eigenvalue weighted by molar-refractivity contribution is 7.99. The fourth-order valence-electron chi connectivity index (χ4n) is 2.04. The number of rotatable bonds is 6. The number of benzene rings is 1. The SMILES string of the molecule is CCSCC(C)NS(=O)(=O)c1ccc(N)c2cccnc12. The van der Waals surface area contributed by atoms with Gasteiger partial charge in [0.25, 0.3) is 0 Å². The highest BCUT2D eigenvalue weighted by Crippen LogP contribution is 2.25. The summed E-state index contributed by atoms with van der Waals surface area (Å²) in [5, 5.41) is 0.649. The maximum absolute atomic E-state index is 12.5. The zero-order valence-corrected chi connectivity index (χ0v) is 13.7. The zero-order chi connectivity index (χ0) is 15.5. The molecule has 2 aromatic rings. The Bertz CT molecular complexity index is 732. The fourth-order valence-corrected chi connectivity index (χ4v) is 4.23. The van der Waals surface area contributed by atoms with E-state index in [4.69, 9.17) is 5.73 Å². The van der Waals surface area contributed by atoms with Crippen LogP contribution in [-0.4, -0.2) is 30.9 Å². The van der Waals surface area contributed by atoms with Gasteiger partial charge in [-0.25, -0.2) is 13.1 Å². The van der Waals surface area contributed by atoms with Gasteiger partial charge < -0.3 is 5.73 Å². The Hall–Kier alpha value is -1.31. The molecule has 0 amide bonds. The van der Waals surface area contributed by atoms with E-state index in [0.717, 1.165) is 11.5 Å². The average Bonchev–Trinajstić information content (AvgIpc) is 2.45. The number of sulfonamides is 1. The van der Waals surface area contributed by atoms with Crippen LogP contribution in [0.2, 0.25) is 0 Å². The Morgan fingerprint density at radius 1 is 1.38 bits per heavy atom. The lowest BCUT2D eigenvalue weighted by Gasteiger charge is -2.15. The second-order valence-electron chi connectivity index (χ2n) is 4.73. The zero-order valence-electron chi connectivity index (χ0n) is 12.0. The van der Waals surface area contributed by atoms with Crippen molar-refractivity contribution in [2.24, 2.45) is 0 Å². The molecule has 0 bridgehead atoms. The molecule has 1 aromatic carbocycles. The number of anilines is 1. The van der Waals surface area contributed by atoms with Gasteiger partial charge in [-0.1, -0.05) is 6.92 Å². The lowest BCUT2D eigenvalue weighted by Crippen LogP contribution is -2.34. The number of hydrogen-bond donors (Lipinski definition) is 2. The molecule has 0 spiro atoms. The third-order valence-corrected chi connectivity index (χ3v) is 5.75. The van der Waals surface area contributed by atoms with Crippen molar-refractivity contribution in [3.8, 4) is 0 Å². The van der Waals surface area contributed by atoms with Crippen molar-refractivity contribution in [2.45, 2.75) is 24.8 Å². The van der Waals surface area contributed by atoms with Gasteiger partial charge in [-0.05, 0) is 36.9 Å². The molecule has 0 saturated heterocycles. The third-order valence-electron chi connectivity index (χ3n) is 2.98. The summed E-state index contributed by atoms with van der Waals surface area (Å²) >= 11 is 1.70. The molecule has 3 N–H and O–H groups in total. The summed E-state index contributed by atoms with van der Waals surface area (Å²) in [4.78, 5) is 4.34. The second-order valence-corrected chi connectivity index (χ2v) is 7.74. The highest BCUT2D eigenvalue weighted by Gasteiger charge is 2.21. The van der Waals surface area contributed by atoms with Gasteiger partial charge in [0.15, 0.2) is 0 Å². The second kappa shape index (κ2) is 6.64. The first kappa shape index (κ1) is 16.1. The summed E-state index contributed by atoms with van der Waals surface area (Å²) in [5.74, 6) is 1.69. The molecular formula is C14H19N3O2S2. The summed E-state index contributed by atoms with van der Waals surface area (Å²) in [6, 6.07) is 6.48. The number of nitrogen functional groups attached to an aromatic ring is 1. The van der Waals surface area contributed by atoms with Gasteiger partial charge >= 0.3 is 0 Å². The van der Waals surface area contributed by atoms with Crippen molar-refractivity contribution < 1.29 is 8.42 Å². The van der Waals surface area contributed by atoms with Gasteiger partial charge in [0, 0.05) is 29.1 Å². The van der Waals surface area contributed by atoms with E-state index >= 15 is 0 Å². The minimum atomic E-state index is -3.61. The molecule has 0 fully saturated rings. The number of nitrogens with zero attached hydrogens (tertiary/aromatic N) is 1. The topological polar surface area (TPSA) is 85.1 Å². The molecule has 1 unspecified atom stereocenters. The molecule has 0 aliphatic heterocycles. The van der Waals surface area contributed by atoms with Crippen LogP contribution < -0.4 is 10.5 Å². The first-order valence-electron chi connectivity index (χ1n) is 6.69. The predicted molar refractivity (Wildman–Crippen MR) is 88.9 cm³/mol. The van der Waals surface area contributed by atoms with Crippen molar-refractivity contribution in [1.82, 2.24) is 9.71 Å². The molecule has 1 aromatic heterocycles. The molecule has 2 rings (SSSR count). The van der Waals surface area contributed by atoms with E-state index in [1.165, 1.54) is 6.07 Å². The molecule has 0 radical (unpaired) electrons. The van der Waals surface area contributed by atoms with Crippen LogP contribution in [0.4, 0.5) is 5.69 Å². The van der Waals surface area contributed by atoms with Crippen molar-refractivity contribution in [3.63, 3.8) is 0 Å². The van der Waals surface area contributed by atoms with Crippen LogP contribution in [0.15, 0.2) is 35.4 Å². The van der Waals surface area contributed by atoms with Crippen LogP contribution in [0.3, 0.4) is 0 Å². The Kier molecular flexibility index (Phi) is 5.08. The average molecular weight is 325 g/mol. The number of nitrogens with one attached hydrogen (secondary N) is 1. The van der Waals surface area contributed by atoms with E-state index in [1.54, 1.807) is 36.2 Å². The van der Waals surface area contributed by atoms with Crippen LogP contribution in [-0.2, 0) is 10.0 Å². The molecule has 7 heteroatoms. The lowest BCUT2D eigenvalue weighted by atomic mass is 10.2. The van der Waals surface area contributed by atoms with Crippen molar-refractivity contribution in [3.05, 3.63) is 30.5 Å². The number of nitrogens with two attached hydrogens (primary N) is 1. The monoisotopic (exact) mass is 325 g/mol. The number of pyridine rings is 1. The van der Waals surface area contributed by atoms with Crippen LogP contribution in [0, 0.1) is 0 Å². The first-order valence-corrected chi connectivity index (χ1v) is 9.32. The summed E-state index contributed by atoms with van der Waals surface area (Å²) in [6.45, 7) is 3.90. The predicted octanol–water partition coefficient (Wildman–Crippen LogP) is 2.24. The van der Waals surface area contributed by atoms with E-state index < -0.39 is 10.0 Å². The molecule has 1 heterocycles. The molecule has 21 heavy (non-hydrogen) atoms. The van der Waals surface area contributed by atoms with Crippen LogP contribution >= 0.6 is 11.8 Å². The van der Waals surface area contributed by atoms with E-state index in [1.807, 2.05) is 13.8 Å². The van der Waals surface area contributed by atoms with E-state index in [-0.39, 0.29) is 10.9 Å². The number of hydrogen-bond acceptors (Lipinski definition) is 5. The summed E-state index contributed by atoms with van der Waals surface area (Å²) in [5.41, 5.74) is 6.80. The maximum atomic E-state index is 12.5. The minimum Gasteiger partial charge on any atom is -0.398 e. The van der Waals surface area contributed by atoms with Gasteiger partial charge in [0.05, 0.1) is 5.52 Å². The largest absolute Gasteiger partial charge is 0.398 e. The Morgan fingerprint density at radius 3 is 2.86 bits per heavy atom. The van der Waals surface area contributed by atoms with Gasteiger partial charge in [0.1, 0.15) is 4.90 Å². The summed E-state index contributed by atoms with van der Waals surface area (Å²) in [7, 11) is -3.61. The van der Waals surface area contributed by atoms with Crippen LogP contribution in [0.1, 0.15) is 13.8 Å². The minimum absolute atomic E-state index is 0.142. The molecular weight excluding hydrogens is 306 g/mol. The van der Waals surface area contributed by atoms with Crippen molar-refractivity contribution >= 4 is 38.4 Å². The molecule has 114 valence electrons. The summed E-state index contributed by atoms with van der Waals surface area (Å²) in [6.07, 6.45) is 1.57. The molecule has 1 atom stereocenters. The lowest BCUT2D eigenvalue weighted by molar-refractivity contribution is 0.572. The van der Waals surface area contributed by atoms with Crippen LogP contribution in [0.5, 0.6) is 0 Å². The van der Waals surface area contributed by atoms with Gasteiger partial charge in [0.2, 0.25) is 10.0 Å². The molecule has 0 aliphatic carbocycles. The quantitative estimate of drug-likeness (QED) is 0.796. The van der Waals surface area contributed by atoms with Crippen molar-refractivity contribution in [1.29, 1.82) is 0 Å². The Balaban J connectivity index is 2.39. The maximum Gasteiger partial charge on any atom is 0.243 e. The van der Waals surface area contributed by atoms with Crippen molar-refractivity contribution in [2.75, 3.05) is 17.2 Å². The smallest absolute Gasteiger partial charge is 0.243 e. The Morgan fingerprint density at radius 2 is 2.14 bits per heavy atom. The molecule has 0 saturated carbocycles. The van der Waals surface area contributed by atoms with E-state index in [9.17, 15) is 8.42 Å². The first-order chi connectivity index (χ1) is 9.95. The molecule has 0 aliphatic rings. The number of thioether (sulfide) groups is 1. The number of fused-ring (bicyclic) bond motifs is 1. The Labute approximate surface area is 129 Å². The standard InChI is InChI=1S/C14H19N3O2S2/c1-3-20-9-10(2)17-21(18,19)13-7-6-12(15)11-5-4-8-16-14(11)13/h4-8,10,17H,3,9,15H2,1-2H3. The molecule has 5 nitrogen and oxygen atoms in total. The van der Waals surface area contributed by atoms with Crippen LogP contribution in [0.25, 0.3) is 10.9 Å². The normalized spacial score (nSPS) is 13.4. The summed E-state index contributed by atoms with van der Waals surface area (Å²) < 4.78 is 27.7.